The molecule has 4 nitrogen and oxygen atoms in total. The van der Waals surface area contributed by atoms with Crippen LogP contribution in [0.25, 0.3) is 0 Å². The molecule has 0 aliphatic rings. The largest absolute Gasteiger partial charge is 0.261 e. The Morgan fingerprint density at radius 1 is 0.762 bits per heavy atom. The first-order valence-electron chi connectivity index (χ1n) is 8.17. The lowest BCUT2D eigenvalue weighted by molar-refractivity contribution is 0.275. The van der Waals surface area contributed by atoms with Crippen molar-refractivity contribution in [2.45, 2.75) is 77.2 Å². The molecule has 0 spiro atoms. The molecule has 0 rings (SSSR count). The molecule has 0 saturated carbocycles. The molecule has 21 heavy (non-hydrogen) atoms. The van der Waals surface area contributed by atoms with Crippen LogP contribution in [0.5, 0.6) is 0 Å². The van der Waals surface area contributed by atoms with Gasteiger partial charge in [-0.2, -0.15) is 15.8 Å². The number of rotatable bonds is 13. The number of nitrogens with zero attached hydrogens (tertiary/aromatic N) is 4. The monoisotopic (exact) mass is 288 g/mol. The molecule has 0 aromatic carbocycles. The van der Waals surface area contributed by atoms with Gasteiger partial charge in [-0.3, -0.25) is 4.90 Å². The fourth-order valence-corrected chi connectivity index (χ4v) is 2.44. The van der Waals surface area contributed by atoms with Crippen LogP contribution in [-0.2, 0) is 0 Å². The summed E-state index contributed by atoms with van der Waals surface area (Å²) in [7, 11) is 0. The zero-order valence-electron chi connectivity index (χ0n) is 13.4. The van der Waals surface area contributed by atoms with E-state index in [1.54, 1.807) is 4.90 Å². The summed E-state index contributed by atoms with van der Waals surface area (Å²) in [6.45, 7) is 2.54. The smallest absolute Gasteiger partial charge is 0.0994 e. The van der Waals surface area contributed by atoms with E-state index in [1.165, 1.54) is 44.9 Å². The quantitative estimate of drug-likeness (QED) is 0.377. The van der Waals surface area contributed by atoms with Crippen LogP contribution in [0, 0.1) is 34.0 Å². The maximum atomic E-state index is 9.16. The van der Waals surface area contributed by atoms with Gasteiger partial charge in [0.2, 0.25) is 0 Å². The number of unbranched alkanes of at least 4 members (excludes halogenated alkanes) is 8. The zero-order valence-corrected chi connectivity index (χ0v) is 13.4. The molecule has 0 saturated heterocycles. The van der Waals surface area contributed by atoms with E-state index >= 15 is 0 Å². The summed E-state index contributed by atoms with van der Waals surface area (Å²) < 4.78 is 0. The predicted molar refractivity (Wildman–Crippen MR) is 84.0 cm³/mol. The predicted octanol–water partition coefficient (Wildman–Crippen LogP) is 4.15. The molecule has 0 aliphatic carbocycles. The van der Waals surface area contributed by atoms with Gasteiger partial charge in [-0.15, -0.1) is 0 Å². The van der Waals surface area contributed by atoms with Gasteiger partial charge in [-0.1, -0.05) is 64.7 Å². The van der Waals surface area contributed by atoms with Gasteiger partial charge in [-0.05, 0) is 6.42 Å². The van der Waals surface area contributed by atoms with Gasteiger partial charge in [0.25, 0.3) is 0 Å². The Bertz CT molecular complexity index is 342. The van der Waals surface area contributed by atoms with Gasteiger partial charge >= 0.3 is 0 Å². The zero-order chi connectivity index (χ0) is 15.8. The first-order valence-corrected chi connectivity index (χ1v) is 8.17. The molecule has 0 N–H and O–H groups in total. The average Bonchev–Trinajstić information content (AvgIpc) is 2.49. The molecular formula is C17H28N4. The van der Waals surface area contributed by atoms with Crippen LogP contribution >= 0.6 is 0 Å². The lowest BCUT2D eigenvalue weighted by Crippen LogP contribution is -2.35. The third-order valence-electron chi connectivity index (χ3n) is 3.72. The third-order valence-corrected chi connectivity index (χ3v) is 3.72. The minimum absolute atomic E-state index is 0.156. The topological polar surface area (TPSA) is 74.6 Å². The van der Waals surface area contributed by atoms with E-state index in [0.717, 1.165) is 19.3 Å². The molecule has 0 heterocycles. The Balaban J connectivity index is 3.70. The van der Waals surface area contributed by atoms with Gasteiger partial charge < -0.3 is 0 Å². The second kappa shape index (κ2) is 14.8. The molecule has 0 amide bonds. The first kappa shape index (κ1) is 19.4. The second-order valence-electron chi connectivity index (χ2n) is 5.48. The van der Waals surface area contributed by atoms with Crippen molar-refractivity contribution in [3.63, 3.8) is 0 Å². The molecule has 0 unspecified atom stereocenters. The summed E-state index contributed by atoms with van der Waals surface area (Å²) in [6, 6.07) is 5.98. The van der Waals surface area contributed by atoms with E-state index in [9.17, 15) is 0 Å². The van der Waals surface area contributed by atoms with E-state index in [-0.39, 0.29) is 19.1 Å². The van der Waals surface area contributed by atoms with E-state index in [1.807, 2.05) is 12.1 Å². The lowest BCUT2D eigenvalue weighted by atomic mass is 10.0. The molecule has 4 heteroatoms. The van der Waals surface area contributed by atoms with Gasteiger partial charge in [0, 0.05) is 0 Å². The maximum Gasteiger partial charge on any atom is 0.0994 e. The molecule has 0 bridgehead atoms. The van der Waals surface area contributed by atoms with Gasteiger partial charge in [-0.25, -0.2) is 0 Å². The van der Waals surface area contributed by atoms with Crippen molar-refractivity contribution in [2.75, 3.05) is 13.1 Å². The summed E-state index contributed by atoms with van der Waals surface area (Å²) >= 11 is 0. The van der Waals surface area contributed by atoms with Gasteiger partial charge in [0.1, 0.15) is 0 Å². The Hall–Kier alpha value is -1.57. The Labute approximate surface area is 130 Å². The Kier molecular flexibility index (Phi) is 13.7. The standard InChI is InChI=1S/C17H28N4/c1-2-3-4-5-6-7-8-9-10-11-17(16-20)21(14-12-18)15-13-19/h17H,2-11,14-15H2,1H3/t17-/m0/s1. The van der Waals surface area contributed by atoms with Crippen molar-refractivity contribution in [3.05, 3.63) is 0 Å². The van der Waals surface area contributed by atoms with Gasteiger partial charge in [0.15, 0.2) is 0 Å². The van der Waals surface area contributed by atoms with Crippen LogP contribution in [0.4, 0.5) is 0 Å². The van der Waals surface area contributed by atoms with Crippen LogP contribution in [0.1, 0.15) is 71.1 Å². The minimum atomic E-state index is -0.297. The minimum Gasteiger partial charge on any atom is -0.261 e. The highest BCUT2D eigenvalue weighted by atomic mass is 15.1. The summed E-state index contributed by atoms with van der Waals surface area (Å²) in [6.07, 6.45) is 12.0. The van der Waals surface area contributed by atoms with Crippen molar-refractivity contribution in [3.8, 4) is 18.2 Å². The number of hydrogen-bond acceptors (Lipinski definition) is 4. The van der Waals surface area contributed by atoms with Crippen LogP contribution in [0.3, 0.4) is 0 Å². The molecular weight excluding hydrogens is 260 g/mol. The number of nitriles is 3. The molecule has 0 aromatic rings. The van der Waals surface area contributed by atoms with Crippen molar-refractivity contribution in [2.24, 2.45) is 0 Å². The molecule has 0 aliphatic heterocycles. The highest BCUT2D eigenvalue weighted by Gasteiger charge is 2.16. The van der Waals surface area contributed by atoms with Crippen LogP contribution in [0.2, 0.25) is 0 Å². The van der Waals surface area contributed by atoms with E-state index in [4.69, 9.17) is 15.8 Å². The maximum absolute atomic E-state index is 9.16. The van der Waals surface area contributed by atoms with Crippen molar-refractivity contribution >= 4 is 0 Å². The first-order chi connectivity index (χ1) is 10.3. The van der Waals surface area contributed by atoms with E-state index in [2.05, 4.69) is 13.0 Å². The van der Waals surface area contributed by atoms with Crippen molar-refractivity contribution < 1.29 is 0 Å². The molecule has 1 atom stereocenters. The normalized spacial score (nSPS) is 11.6. The van der Waals surface area contributed by atoms with Crippen LogP contribution < -0.4 is 0 Å². The summed E-state index contributed by atoms with van der Waals surface area (Å²) in [4.78, 5) is 1.66. The third kappa shape index (κ3) is 10.8. The molecule has 0 aromatic heterocycles. The highest BCUT2D eigenvalue weighted by molar-refractivity contribution is 4.97. The second-order valence-corrected chi connectivity index (χ2v) is 5.48. The van der Waals surface area contributed by atoms with Gasteiger partial charge in [0.05, 0.1) is 37.3 Å². The fourth-order valence-electron chi connectivity index (χ4n) is 2.44. The summed E-state index contributed by atoms with van der Waals surface area (Å²) in [5.74, 6) is 0. The summed E-state index contributed by atoms with van der Waals surface area (Å²) in [5.41, 5.74) is 0. The average molecular weight is 288 g/mol. The molecule has 116 valence electrons. The van der Waals surface area contributed by atoms with Crippen LogP contribution in [0.15, 0.2) is 0 Å². The number of hydrogen-bond donors (Lipinski definition) is 0. The highest BCUT2D eigenvalue weighted by Crippen LogP contribution is 2.13. The lowest BCUT2D eigenvalue weighted by Gasteiger charge is -2.21. The summed E-state index contributed by atoms with van der Waals surface area (Å²) in [5, 5.41) is 26.6. The van der Waals surface area contributed by atoms with Crippen molar-refractivity contribution in [1.82, 2.24) is 4.90 Å². The SMILES string of the molecule is CCCCCCCCCCC[C@@H](C#N)N(CC#N)CC#N. The van der Waals surface area contributed by atoms with E-state index in [0.29, 0.717) is 0 Å². The Morgan fingerprint density at radius 3 is 1.67 bits per heavy atom. The Morgan fingerprint density at radius 2 is 1.24 bits per heavy atom. The molecule has 0 radical (unpaired) electrons. The van der Waals surface area contributed by atoms with Crippen LogP contribution in [-0.4, -0.2) is 24.0 Å². The molecule has 0 fully saturated rings. The van der Waals surface area contributed by atoms with Crippen molar-refractivity contribution in [1.29, 1.82) is 15.8 Å². The fraction of sp³-hybridized carbons (Fsp3) is 0.824. The van der Waals surface area contributed by atoms with E-state index < -0.39 is 0 Å².